The maximum absolute atomic E-state index is 11.5. The molecule has 1 unspecified atom stereocenters. The van der Waals surface area contributed by atoms with Gasteiger partial charge >= 0.3 is 11.8 Å². The van der Waals surface area contributed by atoms with E-state index in [1.165, 1.54) is 0 Å². The number of benzene rings is 1. The summed E-state index contributed by atoms with van der Waals surface area (Å²) in [6.45, 7) is 1.12. The molecule has 0 aromatic heterocycles. The molecule has 1 aromatic carbocycles. The van der Waals surface area contributed by atoms with Crippen molar-refractivity contribution in [3.05, 3.63) is 35.9 Å². The summed E-state index contributed by atoms with van der Waals surface area (Å²) in [5, 5.41) is 14.8. The lowest BCUT2D eigenvalue weighted by molar-refractivity contribution is -0.139. The number of nitrogens with zero attached hydrogens (tertiary/aromatic N) is 1. The molecule has 2 amide bonds. The number of likely N-dealkylation sites (N-methyl/N-ethyl adjacent to an activating group) is 1. The van der Waals surface area contributed by atoms with E-state index in [9.17, 15) is 14.7 Å². The van der Waals surface area contributed by atoms with Crippen LogP contribution in [-0.4, -0.2) is 61.7 Å². The van der Waals surface area contributed by atoms with Crippen LogP contribution < -0.4 is 10.6 Å². The van der Waals surface area contributed by atoms with Crippen LogP contribution in [0.1, 0.15) is 5.56 Å². The second-order valence-corrected chi connectivity index (χ2v) is 5.11. The average molecular weight is 293 g/mol. The molecular formula is C15H23N3O3. The highest BCUT2D eigenvalue weighted by atomic mass is 16.3. The molecule has 0 bridgehead atoms. The van der Waals surface area contributed by atoms with Crippen molar-refractivity contribution in [3.63, 3.8) is 0 Å². The van der Waals surface area contributed by atoms with Gasteiger partial charge in [-0.2, -0.15) is 0 Å². The van der Waals surface area contributed by atoms with Gasteiger partial charge in [0.2, 0.25) is 0 Å². The molecule has 0 spiro atoms. The SMILES string of the molecule is CN(C)CCNC(=O)C(=O)NCC(O)Cc1ccccc1. The summed E-state index contributed by atoms with van der Waals surface area (Å²) in [5.41, 5.74) is 0.981. The van der Waals surface area contributed by atoms with Crippen LogP contribution in [0.2, 0.25) is 0 Å². The van der Waals surface area contributed by atoms with Gasteiger partial charge in [-0.05, 0) is 19.7 Å². The largest absolute Gasteiger partial charge is 0.391 e. The van der Waals surface area contributed by atoms with Gasteiger partial charge in [-0.1, -0.05) is 30.3 Å². The summed E-state index contributed by atoms with van der Waals surface area (Å²) in [7, 11) is 3.76. The molecule has 1 rings (SSSR count). The number of carbonyl (C=O) groups is 2. The molecule has 0 aliphatic carbocycles. The van der Waals surface area contributed by atoms with E-state index in [0.29, 0.717) is 19.5 Å². The molecule has 0 aliphatic rings. The van der Waals surface area contributed by atoms with Gasteiger partial charge in [0.25, 0.3) is 0 Å². The first-order chi connectivity index (χ1) is 9.99. The van der Waals surface area contributed by atoms with Crippen LogP contribution in [-0.2, 0) is 16.0 Å². The number of hydrogen-bond donors (Lipinski definition) is 3. The minimum atomic E-state index is -0.721. The Hall–Kier alpha value is -1.92. The first-order valence-corrected chi connectivity index (χ1v) is 6.91. The van der Waals surface area contributed by atoms with E-state index in [1.807, 2.05) is 49.3 Å². The number of hydrogen-bond acceptors (Lipinski definition) is 4. The summed E-state index contributed by atoms with van der Waals surface area (Å²) in [5.74, 6) is -1.40. The van der Waals surface area contributed by atoms with Gasteiger partial charge in [-0.15, -0.1) is 0 Å². The van der Waals surface area contributed by atoms with Crippen LogP contribution in [0.5, 0.6) is 0 Å². The second kappa shape index (κ2) is 9.10. The Morgan fingerprint density at radius 2 is 1.76 bits per heavy atom. The van der Waals surface area contributed by atoms with Crippen molar-refractivity contribution in [1.29, 1.82) is 0 Å². The van der Waals surface area contributed by atoms with E-state index < -0.39 is 17.9 Å². The Kier molecular flexibility index (Phi) is 7.42. The summed E-state index contributed by atoms with van der Waals surface area (Å²) in [4.78, 5) is 24.9. The number of aliphatic hydroxyl groups excluding tert-OH is 1. The lowest BCUT2D eigenvalue weighted by Gasteiger charge is -2.13. The topological polar surface area (TPSA) is 81.7 Å². The van der Waals surface area contributed by atoms with Gasteiger partial charge in [0.05, 0.1) is 6.10 Å². The molecule has 0 heterocycles. The van der Waals surface area contributed by atoms with E-state index in [-0.39, 0.29) is 6.54 Å². The number of amides is 2. The van der Waals surface area contributed by atoms with Gasteiger partial charge in [0, 0.05) is 26.1 Å². The molecule has 1 atom stereocenters. The van der Waals surface area contributed by atoms with Crippen molar-refractivity contribution >= 4 is 11.8 Å². The van der Waals surface area contributed by atoms with Crippen LogP contribution in [0.4, 0.5) is 0 Å². The third-order valence-electron chi connectivity index (χ3n) is 2.86. The van der Waals surface area contributed by atoms with Gasteiger partial charge in [-0.3, -0.25) is 9.59 Å². The molecule has 116 valence electrons. The monoisotopic (exact) mass is 293 g/mol. The summed E-state index contributed by atoms with van der Waals surface area (Å²) in [6.07, 6.45) is -0.283. The highest BCUT2D eigenvalue weighted by Crippen LogP contribution is 2.02. The first-order valence-electron chi connectivity index (χ1n) is 6.91. The zero-order valence-corrected chi connectivity index (χ0v) is 12.5. The molecule has 1 aromatic rings. The smallest absolute Gasteiger partial charge is 0.309 e. The van der Waals surface area contributed by atoms with Crippen molar-refractivity contribution < 1.29 is 14.7 Å². The molecule has 6 nitrogen and oxygen atoms in total. The predicted molar refractivity (Wildman–Crippen MR) is 80.7 cm³/mol. The van der Waals surface area contributed by atoms with E-state index in [0.717, 1.165) is 5.56 Å². The highest BCUT2D eigenvalue weighted by molar-refractivity contribution is 6.35. The molecule has 0 saturated heterocycles. The van der Waals surface area contributed by atoms with E-state index >= 15 is 0 Å². The Labute approximate surface area is 125 Å². The fourth-order valence-electron chi connectivity index (χ4n) is 1.72. The van der Waals surface area contributed by atoms with Crippen LogP contribution >= 0.6 is 0 Å². The third kappa shape index (κ3) is 7.43. The summed E-state index contributed by atoms with van der Waals surface area (Å²) >= 11 is 0. The van der Waals surface area contributed by atoms with Crippen LogP contribution in [0.15, 0.2) is 30.3 Å². The Balaban J connectivity index is 2.24. The maximum atomic E-state index is 11.5. The van der Waals surface area contributed by atoms with Crippen molar-refractivity contribution in [2.24, 2.45) is 0 Å². The van der Waals surface area contributed by atoms with Gasteiger partial charge in [0.1, 0.15) is 0 Å². The number of rotatable bonds is 7. The molecule has 0 aliphatic heterocycles. The highest BCUT2D eigenvalue weighted by Gasteiger charge is 2.14. The summed E-state index contributed by atoms with van der Waals surface area (Å²) in [6, 6.07) is 9.48. The van der Waals surface area contributed by atoms with E-state index in [1.54, 1.807) is 0 Å². The summed E-state index contributed by atoms with van der Waals surface area (Å²) < 4.78 is 0. The van der Waals surface area contributed by atoms with Crippen LogP contribution in [0.3, 0.4) is 0 Å². The molecule has 6 heteroatoms. The number of nitrogens with one attached hydrogen (secondary N) is 2. The van der Waals surface area contributed by atoms with Gasteiger partial charge in [0.15, 0.2) is 0 Å². The maximum Gasteiger partial charge on any atom is 0.309 e. The van der Waals surface area contributed by atoms with Crippen molar-refractivity contribution in [2.45, 2.75) is 12.5 Å². The molecular weight excluding hydrogens is 270 g/mol. The predicted octanol–water partition coefficient (Wildman–Crippen LogP) is -0.616. The Bertz CT molecular complexity index is 449. The van der Waals surface area contributed by atoms with Crippen molar-refractivity contribution in [2.75, 3.05) is 33.7 Å². The average Bonchev–Trinajstić information content (AvgIpc) is 2.45. The minimum Gasteiger partial charge on any atom is -0.391 e. The lowest BCUT2D eigenvalue weighted by Crippen LogP contribution is -2.44. The normalized spacial score (nSPS) is 12.0. The number of aliphatic hydroxyl groups is 1. The zero-order valence-electron chi connectivity index (χ0n) is 12.5. The van der Waals surface area contributed by atoms with Crippen molar-refractivity contribution in [1.82, 2.24) is 15.5 Å². The van der Waals surface area contributed by atoms with E-state index in [2.05, 4.69) is 10.6 Å². The lowest BCUT2D eigenvalue weighted by atomic mass is 10.1. The first kappa shape index (κ1) is 17.1. The van der Waals surface area contributed by atoms with Crippen molar-refractivity contribution in [3.8, 4) is 0 Å². The van der Waals surface area contributed by atoms with E-state index in [4.69, 9.17) is 0 Å². The minimum absolute atomic E-state index is 0.0504. The zero-order chi connectivity index (χ0) is 15.7. The fourth-order valence-corrected chi connectivity index (χ4v) is 1.72. The third-order valence-corrected chi connectivity index (χ3v) is 2.86. The molecule has 21 heavy (non-hydrogen) atoms. The quantitative estimate of drug-likeness (QED) is 0.586. The second-order valence-electron chi connectivity index (χ2n) is 5.11. The molecule has 3 N–H and O–H groups in total. The molecule has 0 fully saturated rings. The number of carbonyl (C=O) groups excluding carboxylic acids is 2. The van der Waals surface area contributed by atoms with Gasteiger partial charge in [-0.25, -0.2) is 0 Å². The van der Waals surface area contributed by atoms with Crippen LogP contribution in [0, 0.1) is 0 Å². The fraction of sp³-hybridized carbons (Fsp3) is 0.467. The Morgan fingerprint density at radius 3 is 2.38 bits per heavy atom. The molecule has 0 saturated carbocycles. The molecule has 0 radical (unpaired) electrons. The van der Waals surface area contributed by atoms with Crippen LogP contribution in [0.25, 0.3) is 0 Å². The van der Waals surface area contributed by atoms with Gasteiger partial charge < -0.3 is 20.6 Å². The standard InChI is InChI=1S/C15H23N3O3/c1-18(2)9-8-16-14(20)15(21)17-11-13(19)10-12-6-4-3-5-7-12/h3-7,13,19H,8-11H2,1-2H3,(H,16,20)(H,17,21). The Morgan fingerprint density at radius 1 is 1.14 bits per heavy atom.